The SMILES string of the molecule is CC(C)(C)CNc1c(C#N)cnc2c(C#N)cc(NC(c3cn(Cc4c(F)cccc4F)nn3)c3ccccc3Cl)cc12. The van der Waals surface area contributed by atoms with E-state index < -0.39 is 17.7 Å². The first-order chi connectivity index (χ1) is 20.6. The Morgan fingerprint density at radius 2 is 1.72 bits per heavy atom. The van der Waals surface area contributed by atoms with E-state index in [4.69, 9.17) is 11.6 Å². The van der Waals surface area contributed by atoms with Gasteiger partial charge in [0, 0.05) is 34.4 Å². The van der Waals surface area contributed by atoms with E-state index in [1.54, 1.807) is 24.4 Å². The summed E-state index contributed by atoms with van der Waals surface area (Å²) in [5, 5.41) is 36.1. The number of hydrogen-bond donors (Lipinski definition) is 2. The largest absolute Gasteiger partial charge is 0.383 e. The predicted molar refractivity (Wildman–Crippen MR) is 162 cm³/mol. The minimum Gasteiger partial charge on any atom is -0.383 e. The molecule has 0 aliphatic heterocycles. The van der Waals surface area contributed by atoms with Crippen LogP contribution in [0.15, 0.2) is 67.0 Å². The fourth-order valence-electron chi connectivity index (χ4n) is 4.66. The van der Waals surface area contributed by atoms with Crippen molar-refractivity contribution in [3.63, 3.8) is 0 Å². The number of anilines is 2. The molecule has 0 saturated heterocycles. The fourth-order valence-corrected chi connectivity index (χ4v) is 4.90. The van der Waals surface area contributed by atoms with Gasteiger partial charge in [-0.15, -0.1) is 5.10 Å². The van der Waals surface area contributed by atoms with Crippen molar-refractivity contribution >= 4 is 33.9 Å². The first kappa shape index (κ1) is 29.4. The number of rotatable bonds is 8. The number of fused-ring (bicyclic) bond motifs is 1. The van der Waals surface area contributed by atoms with E-state index in [9.17, 15) is 19.3 Å². The topological polar surface area (TPSA) is 115 Å². The highest BCUT2D eigenvalue weighted by atomic mass is 35.5. The van der Waals surface area contributed by atoms with Crippen molar-refractivity contribution in [2.24, 2.45) is 5.41 Å². The molecule has 5 aromatic rings. The van der Waals surface area contributed by atoms with Crippen LogP contribution >= 0.6 is 11.6 Å². The molecule has 0 spiro atoms. The Kier molecular flexibility index (Phi) is 8.24. The quantitative estimate of drug-likeness (QED) is 0.194. The predicted octanol–water partition coefficient (Wildman–Crippen LogP) is 7.21. The molecule has 5 rings (SSSR count). The number of aromatic nitrogens is 4. The number of benzene rings is 3. The molecule has 0 bridgehead atoms. The molecule has 0 aliphatic rings. The number of nitrogens with one attached hydrogen (secondary N) is 2. The van der Waals surface area contributed by atoms with Crippen LogP contribution in [-0.4, -0.2) is 26.5 Å². The molecular weight excluding hydrogens is 570 g/mol. The van der Waals surface area contributed by atoms with Crippen molar-refractivity contribution in [2.45, 2.75) is 33.4 Å². The molecule has 0 fully saturated rings. The number of nitriles is 2. The van der Waals surface area contributed by atoms with Gasteiger partial charge in [-0.1, -0.05) is 61.9 Å². The van der Waals surface area contributed by atoms with Gasteiger partial charge in [0.05, 0.1) is 41.1 Å². The van der Waals surface area contributed by atoms with Crippen LogP contribution in [-0.2, 0) is 6.54 Å². The van der Waals surface area contributed by atoms with Crippen LogP contribution in [0.3, 0.4) is 0 Å². The summed E-state index contributed by atoms with van der Waals surface area (Å²) in [7, 11) is 0. The molecule has 11 heteroatoms. The first-order valence-electron chi connectivity index (χ1n) is 13.4. The van der Waals surface area contributed by atoms with Crippen LogP contribution in [0.4, 0.5) is 20.2 Å². The Morgan fingerprint density at radius 3 is 2.40 bits per heavy atom. The molecule has 0 aliphatic carbocycles. The average Bonchev–Trinajstić information content (AvgIpc) is 3.44. The van der Waals surface area contributed by atoms with Gasteiger partial charge in [-0.25, -0.2) is 13.5 Å². The summed E-state index contributed by atoms with van der Waals surface area (Å²) in [6.07, 6.45) is 3.05. The lowest BCUT2D eigenvalue weighted by atomic mass is 9.96. The molecule has 2 aromatic heterocycles. The van der Waals surface area contributed by atoms with Gasteiger partial charge in [-0.2, -0.15) is 10.5 Å². The summed E-state index contributed by atoms with van der Waals surface area (Å²) in [6, 6.07) is 18.1. The van der Waals surface area contributed by atoms with E-state index in [1.807, 2.05) is 18.2 Å². The summed E-state index contributed by atoms with van der Waals surface area (Å²) in [4.78, 5) is 4.42. The summed E-state index contributed by atoms with van der Waals surface area (Å²) in [6.45, 7) is 6.64. The molecule has 43 heavy (non-hydrogen) atoms. The fraction of sp³-hybridized carbons (Fsp3) is 0.219. The molecule has 2 heterocycles. The summed E-state index contributed by atoms with van der Waals surface area (Å²) in [5.41, 5.74) is 3.11. The number of nitrogens with zero attached hydrogens (tertiary/aromatic N) is 6. The van der Waals surface area contributed by atoms with Gasteiger partial charge < -0.3 is 10.6 Å². The minimum atomic E-state index is -0.681. The van der Waals surface area contributed by atoms with Crippen molar-refractivity contribution in [2.75, 3.05) is 17.2 Å². The normalized spacial score (nSPS) is 12.0. The van der Waals surface area contributed by atoms with Crippen molar-refractivity contribution < 1.29 is 8.78 Å². The van der Waals surface area contributed by atoms with Gasteiger partial charge in [0.25, 0.3) is 0 Å². The van der Waals surface area contributed by atoms with Gasteiger partial charge in [-0.05, 0) is 41.3 Å². The second-order valence-electron chi connectivity index (χ2n) is 11.2. The molecule has 216 valence electrons. The Balaban J connectivity index is 1.59. The van der Waals surface area contributed by atoms with Crippen molar-refractivity contribution in [3.05, 3.63) is 112 Å². The molecule has 0 amide bonds. The van der Waals surface area contributed by atoms with E-state index in [1.165, 1.54) is 29.1 Å². The highest BCUT2D eigenvalue weighted by Gasteiger charge is 2.23. The van der Waals surface area contributed by atoms with Gasteiger partial charge in [0.2, 0.25) is 0 Å². The van der Waals surface area contributed by atoms with Crippen LogP contribution in [0.1, 0.15) is 54.8 Å². The maximum Gasteiger partial charge on any atom is 0.131 e. The van der Waals surface area contributed by atoms with Crippen LogP contribution in [0.5, 0.6) is 0 Å². The lowest BCUT2D eigenvalue weighted by Gasteiger charge is -2.22. The number of halogens is 3. The zero-order valence-corrected chi connectivity index (χ0v) is 24.4. The first-order valence-corrected chi connectivity index (χ1v) is 13.8. The molecule has 8 nitrogen and oxygen atoms in total. The monoisotopic (exact) mass is 596 g/mol. The number of hydrogen-bond acceptors (Lipinski definition) is 7. The summed E-state index contributed by atoms with van der Waals surface area (Å²) < 4.78 is 30.0. The second kappa shape index (κ2) is 12.0. The van der Waals surface area contributed by atoms with Crippen LogP contribution in [0, 0.1) is 39.7 Å². The lowest BCUT2D eigenvalue weighted by Crippen LogP contribution is -2.20. The molecule has 3 aromatic carbocycles. The van der Waals surface area contributed by atoms with Gasteiger partial charge in [0.1, 0.15) is 29.5 Å². The van der Waals surface area contributed by atoms with E-state index in [2.05, 4.69) is 58.8 Å². The van der Waals surface area contributed by atoms with Crippen molar-refractivity contribution in [1.29, 1.82) is 10.5 Å². The standard InChI is InChI=1S/C32H27ClF2N8/c1-32(2,3)18-39-30-20(14-37)15-38-29-19(13-36)11-21(12-23(29)30)40-31(22-7-4-5-8-25(22)33)28-17-43(42-41-28)16-24-26(34)9-6-10-27(24)35/h4-12,15,17,31,40H,16,18H2,1-3H3,(H,38,39). The summed E-state index contributed by atoms with van der Waals surface area (Å²) in [5.74, 6) is -1.36. The van der Waals surface area contributed by atoms with Gasteiger partial charge >= 0.3 is 0 Å². The second-order valence-corrected chi connectivity index (χ2v) is 11.7. The zero-order valence-electron chi connectivity index (χ0n) is 23.7. The Morgan fingerprint density at radius 1 is 1.00 bits per heavy atom. The average molecular weight is 597 g/mol. The highest BCUT2D eigenvalue weighted by Crippen LogP contribution is 2.35. The van der Waals surface area contributed by atoms with E-state index in [0.717, 1.165) is 0 Å². The van der Waals surface area contributed by atoms with Gasteiger partial charge in [0.15, 0.2) is 0 Å². The molecule has 0 radical (unpaired) electrons. The van der Waals surface area contributed by atoms with Crippen LogP contribution < -0.4 is 10.6 Å². The number of pyridine rings is 1. The van der Waals surface area contributed by atoms with Gasteiger partial charge in [-0.3, -0.25) is 4.98 Å². The molecule has 2 N–H and O–H groups in total. The third-order valence-electron chi connectivity index (χ3n) is 6.77. The van der Waals surface area contributed by atoms with E-state index in [-0.39, 0.29) is 17.5 Å². The van der Waals surface area contributed by atoms with E-state index in [0.29, 0.717) is 56.2 Å². The molecule has 0 saturated carbocycles. The van der Waals surface area contributed by atoms with Crippen molar-refractivity contribution in [1.82, 2.24) is 20.0 Å². The Labute approximate surface area is 252 Å². The third-order valence-corrected chi connectivity index (χ3v) is 7.11. The molecule has 1 atom stereocenters. The van der Waals surface area contributed by atoms with Crippen LogP contribution in [0.25, 0.3) is 10.9 Å². The maximum atomic E-state index is 14.3. The van der Waals surface area contributed by atoms with Crippen molar-refractivity contribution in [3.8, 4) is 12.1 Å². The lowest BCUT2D eigenvalue weighted by molar-refractivity contribution is 0.443. The maximum absolute atomic E-state index is 14.3. The van der Waals surface area contributed by atoms with E-state index >= 15 is 0 Å². The summed E-state index contributed by atoms with van der Waals surface area (Å²) >= 11 is 6.61. The smallest absolute Gasteiger partial charge is 0.131 e. The molecular formula is C32H27ClF2N8. The Bertz CT molecular complexity index is 1880. The Hall–Kier alpha value is -5.06. The molecule has 1 unspecified atom stereocenters. The third kappa shape index (κ3) is 6.40. The zero-order chi connectivity index (χ0) is 30.7. The van der Waals surface area contributed by atoms with Crippen LogP contribution in [0.2, 0.25) is 5.02 Å². The highest BCUT2D eigenvalue weighted by molar-refractivity contribution is 6.31. The minimum absolute atomic E-state index is 0.0806.